The average Bonchev–Trinajstić information content (AvgIpc) is 4.08. The lowest BCUT2D eigenvalue weighted by molar-refractivity contribution is -0.185. The molecule has 8 N–H and O–H groups in total. The summed E-state index contributed by atoms with van der Waals surface area (Å²) >= 11 is 28.4. The molecule has 2 aliphatic rings. The van der Waals surface area contributed by atoms with Crippen LogP contribution in [-0.2, 0) is 43.6 Å². The number of carbonyl (C=O) groups is 2. The largest absolute Gasteiger partial charge is 0.412 e. The molecule has 0 saturated carbocycles. The van der Waals surface area contributed by atoms with Gasteiger partial charge in [0.05, 0.1) is 61.2 Å². The quantitative estimate of drug-likeness (QED) is 0.0762. The Hall–Kier alpha value is -4.50. The van der Waals surface area contributed by atoms with E-state index in [1.165, 1.54) is 0 Å². The number of nitrogens with two attached hydrogens (primary N) is 2. The first kappa shape index (κ1) is 48.0. The van der Waals surface area contributed by atoms with Crippen molar-refractivity contribution >= 4 is 93.4 Å². The molecule has 4 heterocycles. The number of halogens is 4. The van der Waals surface area contributed by atoms with Crippen molar-refractivity contribution < 1.29 is 34.0 Å². The number of urea groups is 2. The summed E-state index contributed by atoms with van der Waals surface area (Å²) in [4.78, 5) is 32.2. The van der Waals surface area contributed by atoms with Crippen LogP contribution in [0.4, 0.5) is 21.0 Å². The van der Waals surface area contributed by atoms with Crippen LogP contribution < -0.4 is 22.1 Å². The first-order chi connectivity index (χ1) is 29.9. The van der Waals surface area contributed by atoms with Gasteiger partial charge in [0.2, 0.25) is 11.6 Å². The third-order valence-electron chi connectivity index (χ3n) is 9.42. The molecule has 4 amide bonds. The fourth-order valence-corrected chi connectivity index (χ4v) is 9.53. The van der Waals surface area contributed by atoms with E-state index in [1.54, 1.807) is 97.1 Å². The molecule has 0 radical (unpaired) electrons. The third kappa shape index (κ3) is 12.8. The van der Waals surface area contributed by atoms with Crippen LogP contribution >= 0.6 is 69.9 Å². The lowest BCUT2D eigenvalue weighted by Gasteiger charge is -2.30. The zero-order valence-electron chi connectivity index (χ0n) is 33.2. The summed E-state index contributed by atoms with van der Waals surface area (Å²) in [6.07, 6.45) is 10.2. The van der Waals surface area contributed by atoms with Crippen LogP contribution in [0.25, 0.3) is 0 Å². The van der Waals surface area contributed by atoms with E-state index in [0.29, 0.717) is 69.3 Å². The van der Waals surface area contributed by atoms with Gasteiger partial charge in [-0.25, -0.2) is 19.6 Å². The molecule has 63 heavy (non-hydrogen) atoms. The Morgan fingerprint density at radius 2 is 1.05 bits per heavy atom. The van der Waals surface area contributed by atoms with Gasteiger partial charge in [0.15, 0.2) is 0 Å². The van der Waals surface area contributed by atoms with Crippen molar-refractivity contribution in [1.82, 2.24) is 19.1 Å². The Labute approximate surface area is 391 Å². The van der Waals surface area contributed by atoms with Crippen molar-refractivity contribution in [3.63, 3.8) is 0 Å². The molecule has 4 unspecified atom stereocenters. The fraction of sp³-hybridized carbons (Fsp3) is 0.238. The summed E-state index contributed by atoms with van der Waals surface area (Å²) in [6, 6.07) is 24.3. The molecule has 4 aromatic carbocycles. The van der Waals surface area contributed by atoms with E-state index in [2.05, 4.69) is 20.6 Å². The van der Waals surface area contributed by atoms with E-state index in [1.807, 2.05) is 57.9 Å². The Morgan fingerprint density at radius 3 is 1.38 bits per heavy atom. The fourth-order valence-electron chi connectivity index (χ4n) is 6.68. The number of hydrogen-bond acceptors (Lipinski definition) is 10. The summed E-state index contributed by atoms with van der Waals surface area (Å²) in [5, 5.41) is 7.15. The van der Waals surface area contributed by atoms with Crippen LogP contribution in [0.1, 0.15) is 11.1 Å². The number of benzene rings is 4. The highest BCUT2D eigenvalue weighted by atomic mass is 35.5. The zero-order valence-corrected chi connectivity index (χ0v) is 37.8. The second kappa shape index (κ2) is 21.9. The highest BCUT2D eigenvalue weighted by Crippen LogP contribution is 2.43. The maximum atomic E-state index is 10.9. The standard InChI is InChI=1S/2C21H20Cl2N4O3S.H2O/c2*22-14-1-6-18(19(23)9-14)21(12-27-8-7-25-13-27)29-10-16(30-21)11-31-17-4-2-15(3-5-17)26-20(24)28;/h2*1-9,13,16H,10-12H2,(H3,24,26,28);1H2. The van der Waals surface area contributed by atoms with E-state index in [4.69, 9.17) is 76.8 Å². The van der Waals surface area contributed by atoms with Crippen LogP contribution in [0, 0.1) is 0 Å². The maximum absolute atomic E-state index is 10.9. The second-order valence-electron chi connectivity index (χ2n) is 14.0. The van der Waals surface area contributed by atoms with Crippen molar-refractivity contribution in [3.8, 4) is 0 Å². The highest BCUT2D eigenvalue weighted by Gasteiger charge is 2.46. The normalized spacial score (nSPS) is 20.3. The van der Waals surface area contributed by atoms with Crippen LogP contribution in [-0.4, -0.2) is 73.6 Å². The molecular weight excluding hydrogens is 934 g/mol. The molecule has 0 aliphatic carbocycles. The van der Waals surface area contributed by atoms with Crippen molar-refractivity contribution in [2.24, 2.45) is 11.5 Å². The summed E-state index contributed by atoms with van der Waals surface area (Å²) < 4.78 is 29.1. The van der Waals surface area contributed by atoms with E-state index in [9.17, 15) is 9.59 Å². The lowest BCUT2D eigenvalue weighted by atomic mass is 10.1. The van der Waals surface area contributed by atoms with Gasteiger partial charge < -0.3 is 55.7 Å². The average molecular weight is 977 g/mol. The number of thioether (sulfide) groups is 2. The van der Waals surface area contributed by atoms with Gasteiger partial charge in [-0.1, -0.05) is 58.5 Å². The van der Waals surface area contributed by atoms with Gasteiger partial charge in [0.25, 0.3) is 0 Å². The summed E-state index contributed by atoms with van der Waals surface area (Å²) in [5.74, 6) is -0.718. The monoisotopic (exact) mass is 974 g/mol. The lowest BCUT2D eigenvalue weighted by Crippen LogP contribution is -2.34. The molecule has 2 saturated heterocycles. The van der Waals surface area contributed by atoms with Crippen LogP contribution in [0.15, 0.2) is 132 Å². The van der Waals surface area contributed by atoms with Crippen molar-refractivity contribution in [3.05, 3.63) is 154 Å². The number of rotatable bonds is 14. The molecule has 4 atom stereocenters. The number of nitrogens with one attached hydrogen (secondary N) is 2. The van der Waals surface area contributed by atoms with Gasteiger partial charge >= 0.3 is 12.1 Å². The van der Waals surface area contributed by atoms with Crippen LogP contribution in [0.3, 0.4) is 0 Å². The van der Waals surface area contributed by atoms with Gasteiger partial charge in [-0.15, -0.1) is 23.5 Å². The number of amides is 4. The number of primary amides is 2. The predicted molar refractivity (Wildman–Crippen MR) is 247 cm³/mol. The minimum Gasteiger partial charge on any atom is -0.412 e. The Kier molecular flexibility index (Phi) is 16.7. The molecule has 0 bridgehead atoms. The van der Waals surface area contributed by atoms with Gasteiger partial charge in [0.1, 0.15) is 0 Å². The van der Waals surface area contributed by atoms with Crippen molar-refractivity contribution in [2.75, 3.05) is 35.4 Å². The number of aromatic nitrogens is 4. The first-order valence-corrected chi connectivity index (χ1v) is 22.4. The van der Waals surface area contributed by atoms with Crippen LogP contribution in [0.5, 0.6) is 0 Å². The van der Waals surface area contributed by atoms with E-state index in [-0.39, 0.29) is 17.7 Å². The molecule has 6 aromatic rings. The maximum Gasteiger partial charge on any atom is 0.316 e. The molecule has 15 nitrogen and oxygen atoms in total. The number of anilines is 2. The molecule has 2 fully saturated rings. The third-order valence-corrected chi connectivity index (χ3v) is 12.8. The SMILES string of the molecule is NC(=O)Nc1ccc(SCC2COC(Cn3ccnc3)(c3ccc(Cl)cc3Cl)O2)cc1.NC(=O)Nc1ccc(SCC2COC(Cn3ccnc3)(c3ccc(Cl)cc3Cl)O2)cc1.O. The Bertz CT molecular complexity index is 2270. The summed E-state index contributed by atoms with van der Waals surface area (Å²) in [5.41, 5.74) is 13.0. The van der Waals surface area contributed by atoms with E-state index in [0.717, 1.165) is 20.9 Å². The Morgan fingerprint density at radius 1 is 0.651 bits per heavy atom. The number of nitrogens with zero attached hydrogens (tertiary/aromatic N) is 4. The van der Waals surface area contributed by atoms with Gasteiger partial charge in [-0.2, -0.15) is 0 Å². The van der Waals surface area contributed by atoms with Gasteiger partial charge in [0, 0.05) is 78.6 Å². The molecule has 332 valence electrons. The zero-order chi connectivity index (χ0) is 43.7. The van der Waals surface area contributed by atoms with Crippen molar-refractivity contribution in [1.29, 1.82) is 0 Å². The van der Waals surface area contributed by atoms with Crippen LogP contribution in [0.2, 0.25) is 20.1 Å². The van der Waals surface area contributed by atoms with Crippen molar-refractivity contribution in [2.45, 2.75) is 46.7 Å². The first-order valence-electron chi connectivity index (χ1n) is 18.9. The number of carbonyl (C=O) groups excluding carboxylic acids is 2. The second-order valence-corrected chi connectivity index (χ2v) is 17.8. The minimum absolute atomic E-state index is 0. The van der Waals surface area contributed by atoms with E-state index >= 15 is 0 Å². The Balaban J connectivity index is 0.000000206. The highest BCUT2D eigenvalue weighted by molar-refractivity contribution is 7.99. The molecular formula is C42H42Cl4N8O7S2. The predicted octanol–water partition coefficient (Wildman–Crippen LogP) is 8.66. The molecule has 2 aromatic heterocycles. The smallest absolute Gasteiger partial charge is 0.316 e. The number of ether oxygens (including phenoxy) is 4. The molecule has 21 heteroatoms. The number of hydrogen-bond donors (Lipinski definition) is 4. The molecule has 8 rings (SSSR count). The molecule has 0 spiro atoms. The molecule has 2 aliphatic heterocycles. The summed E-state index contributed by atoms with van der Waals surface area (Å²) in [7, 11) is 0. The van der Waals surface area contributed by atoms with Gasteiger partial charge in [-0.3, -0.25) is 0 Å². The van der Waals surface area contributed by atoms with Gasteiger partial charge in [-0.05, 0) is 72.8 Å². The minimum atomic E-state index is -1.04. The van der Waals surface area contributed by atoms with E-state index < -0.39 is 23.6 Å². The number of imidazole rings is 2. The topological polar surface area (TPSA) is 214 Å². The summed E-state index contributed by atoms with van der Waals surface area (Å²) in [6.45, 7) is 1.65.